The summed E-state index contributed by atoms with van der Waals surface area (Å²) in [6, 6.07) is 48.1. The predicted octanol–water partition coefficient (Wildman–Crippen LogP) is 10.8. The maximum absolute atomic E-state index is 14.2. The van der Waals surface area contributed by atoms with Gasteiger partial charge in [0.1, 0.15) is 11.2 Å². The van der Waals surface area contributed by atoms with Gasteiger partial charge in [-0.25, -0.2) is 0 Å². The molecule has 0 aliphatic carbocycles. The first-order valence-electron chi connectivity index (χ1n) is 15.8. The quantitative estimate of drug-likeness (QED) is 0.105. The number of anilines is 6. The minimum atomic E-state index is -1.08. The maximum atomic E-state index is 14.2. The van der Waals surface area contributed by atoms with E-state index in [-0.39, 0.29) is 5.97 Å². The van der Waals surface area contributed by atoms with Gasteiger partial charge in [-0.1, -0.05) is 60.7 Å². The van der Waals surface area contributed by atoms with Crippen molar-refractivity contribution >= 4 is 40.1 Å². The summed E-state index contributed by atoms with van der Waals surface area (Å²) in [6.45, 7) is 8.13. The average Bonchev–Trinajstić information content (AvgIpc) is 3.06. The van der Waals surface area contributed by atoms with Gasteiger partial charge in [0.25, 0.3) is 0 Å². The van der Waals surface area contributed by atoms with Gasteiger partial charge in [-0.3, -0.25) is 4.79 Å². The third-order valence-electron chi connectivity index (χ3n) is 8.32. The second-order valence-electron chi connectivity index (χ2n) is 12.2. The number of hydrogen-bond acceptors (Lipinski definition) is 5. The lowest BCUT2D eigenvalue weighted by atomic mass is 9.76. The first kappa shape index (κ1) is 31.2. The van der Waals surface area contributed by atoms with Crippen molar-refractivity contribution in [3.63, 3.8) is 0 Å². The Labute approximate surface area is 277 Å². The standard InChI is InChI=1S/C42H39N3O2/c1-29-8-5-11-37(26-29)43-34-18-14-32(15-19-34)42(4,33-16-20-35(21-17-33)44-38-12-6-9-30(2)27-38)41(46)47-40-24-22-36(23-25-40)45-39-13-7-10-31(3)28-39/h5-28,43-45H,1-4H3. The molecule has 0 spiro atoms. The van der Waals surface area contributed by atoms with Crippen LogP contribution in [0.4, 0.5) is 34.1 Å². The van der Waals surface area contributed by atoms with E-state index in [1.165, 1.54) is 16.7 Å². The molecule has 0 heterocycles. The number of hydrogen-bond donors (Lipinski definition) is 3. The normalized spacial score (nSPS) is 11.1. The Morgan fingerprint density at radius 2 is 0.809 bits per heavy atom. The first-order chi connectivity index (χ1) is 22.7. The lowest BCUT2D eigenvalue weighted by molar-refractivity contribution is -0.138. The molecule has 6 rings (SSSR count). The lowest BCUT2D eigenvalue weighted by Crippen LogP contribution is -2.37. The summed E-state index contributed by atoms with van der Waals surface area (Å²) in [4.78, 5) is 14.2. The smallest absolute Gasteiger partial charge is 0.326 e. The topological polar surface area (TPSA) is 62.4 Å². The molecule has 0 aliphatic rings. The lowest BCUT2D eigenvalue weighted by Gasteiger charge is -2.29. The van der Waals surface area contributed by atoms with Crippen LogP contribution in [0.25, 0.3) is 0 Å². The second-order valence-corrected chi connectivity index (χ2v) is 12.2. The van der Waals surface area contributed by atoms with Crippen LogP contribution in [0.2, 0.25) is 0 Å². The predicted molar refractivity (Wildman–Crippen MR) is 195 cm³/mol. The van der Waals surface area contributed by atoms with E-state index < -0.39 is 5.41 Å². The van der Waals surface area contributed by atoms with Gasteiger partial charge in [0, 0.05) is 34.1 Å². The van der Waals surface area contributed by atoms with E-state index in [2.05, 4.69) is 73.1 Å². The van der Waals surface area contributed by atoms with Gasteiger partial charge in [-0.05, 0) is 140 Å². The molecule has 234 valence electrons. The number of benzene rings is 6. The molecule has 0 amide bonds. The van der Waals surface area contributed by atoms with E-state index in [1.807, 2.05) is 116 Å². The van der Waals surface area contributed by atoms with Gasteiger partial charge in [0.2, 0.25) is 0 Å². The average molecular weight is 618 g/mol. The van der Waals surface area contributed by atoms with Crippen LogP contribution in [0.3, 0.4) is 0 Å². The van der Waals surface area contributed by atoms with Crippen LogP contribution in [-0.4, -0.2) is 5.97 Å². The fourth-order valence-corrected chi connectivity index (χ4v) is 5.66. The Balaban J connectivity index is 1.27. The van der Waals surface area contributed by atoms with Crippen LogP contribution in [0, 0.1) is 20.8 Å². The minimum Gasteiger partial charge on any atom is -0.426 e. The van der Waals surface area contributed by atoms with Crippen LogP contribution in [0.5, 0.6) is 5.75 Å². The van der Waals surface area contributed by atoms with Gasteiger partial charge in [0.05, 0.1) is 0 Å². The van der Waals surface area contributed by atoms with Crippen LogP contribution < -0.4 is 20.7 Å². The van der Waals surface area contributed by atoms with E-state index in [4.69, 9.17) is 4.74 Å². The molecule has 0 bridgehead atoms. The van der Waals surface area contributed by atoms with E-state index in [1.54, 1.807) is 0 Å². The monoisotopic (exact) mass is 617 g/mol. The maximum Gasteiger partial charge on any atom is 0.326 e. The Morgan fingerprint density at radius 3 is 1.15 bits per heavy atom. The molecule has 0 radical (unpaired) electrons. The number of carbonyl (C=O) groups is 1. The molecular weight excluding hydrogens is 578 g/mol. The number of ether oxygens (including phenoxy) is 1. The van der Waals surface area contributed by atoms with Gasteiger partial charge < -0.3 is 20.7 Å². The van der Waals surface area contributed by atoms with Crippen molar-refractivity contribution in [3.05, 3.63) is 173 Å². The SMILES string of the molecule is Cc1cccc(Nc2ccc(OC(=O)C(C)(c3ccc(Nc4cccc(C)c4)cc3)c3ccc(Nc4cccc(C)c4)cc3)cc2)c1. The summed E-state index contributed by atoms with van der Waals surface area (Å²) < 4.78 is 6.09. The van der Waals surface area contributed by atoms with E-state index >= 15 is 0 Å². The number of carbonyl (C=O) groups excluding carboxylic acids is 1. The van der Waals surface area contributed by atoms with Crippen molar-refractivity contribution in [2.24, 2.45) is 0 Å². The molecule has 0 saturated carbocycles. The summed E-state index contributed by atoms with van der Waals surface area (Å²) in [5.41, 5.74) is 9.92. The highest BCUT2D eigenvalue weighted by atomic mass is 16.5. The molecule has 0 unspecified atom stereocenters. The van der Waals surface area contributed by atoms with Crippen LogP contribution in [0.15, 0.2) is 146 Å². The zero-order chi connectivity index (χ0) is 32.8. The second kappa shape index (κ2) is 13.7. The Kier molecular flexibility index (Phi) is 9.07. The first-order valence-corrected chi connectivity index (χ1v) is 15.8. The fourth-order valence-electron chi connectivity index (χ4n) is 5.66. The molecule has 0 saturated heterocycles. The summed E-state index contributed by atoms with van der Waals surface area (Å²) in [5.74, 6) is 0.113. The number of esters is 1. The molecule has 0 atom stereocenters. The molecule has 6 aromatic rings. The highest BCUT2D eigenvalue weighted by molar-refractivity contribution is 5.89. The largest absolute Gasteiger partial charge is 0.426 e. The Morgan fingerprint density at radius 1 is 0.468 bits per heavy atom. The number of nitrogens with one attached hydrogen (secondary N) is 3. The summed E-state index contributed by atoms with van der Waals surface area (Å²) in [5, 5.41) is 10.3. The number of aryl methyl sites for hydroxylation is 3. The van der Waals surface area contributed by atoms with E-state index in [0.29, 0.717) is 5.75 Å². The van der Waals surface area contributed by atoms with Crippen molar-refractivity contribution in [1.29, 1.82) is 0 Å². The van der Waals surface area contributed by atoms with Crippen molar-refractivity contribution in [3.8, 4) is 5.75 Å². The molecule has 0 aromatic heterocycles. The molecule has 3 N–H and O–H groups in total. The van der Waals surface area contributed by atoms with E-state index in [0.717, 1.165) is 45.3 Å². The zero-order valence-corrected chi connectivity index (χ0v) is 27.2. The third kappa shape index (κ3) is 7.54. The fraction of sp³-hybridized carbons (Fsp3) is 0.119. The molecule has 5 heteroatoms. The van der Waals surface area contributed by atoms with Gasteiger partial charge in [-0.15, -0.1) is 0 Å². The molecule has 5 nitrogen and oxygen atoms in total. The van der Waals surface area contributed by atoms with Gasteiger partial charge >= 0.3 is 5.97 Å². The Hall–Kier alpha value is -5.81. The van der Waals surface area contributed by atoms with Crippen molar-refractivity contribution in [2.45, 2.75) is 33.1 Å². The molecule has 0 aliphatic heterocycles. The third-order valence-corrected chi connectivity index (χ3v) is 8.32. The van der Waals surface area contributed by atoms with Crippen LogP contribution >= 0.6 is 0 Å². The summed E-state index contributed by atoms with van der Waals surface area (Å²) in [6.07, 6.45) is 0. The van der Waals surface area contributed by atoms with Crippen molar-refractivity contribution in [2.75, 3.05) is 16.0 Å². The molecular formula is C42H39N3O2. The molecule has 47 heavy (non-hydrogen) atoms. The van der Waals surface area contributed by atoms with Gasteiger partial charge in [0.15, 0.2) is 0 Å². The Bertz CT molecular complexity index is 1890. The highest BCUT2D eigenvalue weighted by Crippen LogP contribution is 2.36. The van der Waals surface area contributed by atoms with Crippen molar-refractivity contribution in [1.82, 2.24) is 0 Å². The molecule has 0 fully saturated rings. The van der Waals surface area contributed by atoms with E-state index in [9.17, 15) is 4.79 Å². The van der Waals surface area contributed by atoms with Crippen molar-refractivity contribution < 1.29 is 9.53 Å². The highest BCUT2D eigenvalue weighted by Gasteiger charge is 2.39. The van der Waals surface area contributed by atoms with Crippen LogP contribution in [-0.2, 0) is 10.2 Å². The van der Waals surface area contributed by atoms with Crippen LogP contribution in [0.1, 0.15) is 34.7 Å². The summed E-state index contributed by atoms with van der Waals surface area (Å²) >= 11 is 0. The van der Waals surface area contributed by atoms with Gasteiger partial charge in [-0.2, -0.15) is 0 Å². The summed E-state index contributed by atoms with van der Waals surface area (Å²) in [7, 11) is 0. The minimum absolute atomic E-state index is 0.365. The zero-order valence-electron chi connectivity index (χ0n) is 27.2. The number of rotatable bonds is 10. The molecule has 6 aromatic carbocycles.